The van der Waals surface area contributed by atoms with E-state index in [4.69, 9.17) is 9.16 Å². The van der Waals surface area contributed by atoms with Crippen LogP contribution in [0.4, 0.5) is 0 Å². The van der Waals surface area contributed by atoms with Crippen molar-refractivity contribution in [1.82, 2.24) is 0 Å². The Bertz CT molecular complexity index is 500. The van der Waals surface area contributed by atoms with Crippen LogP contribution in [-0.2, 0) is 14.0 Å². The maximum absolute atomic E-state index is 12.1. The molecule has 1 aromatic carbocycles. The summed E-state index contributed by atoms with van der Waals surface area (Å²) in [4.78, 5) is 23.9. The van der Waals surface area contributed by atoms with Gasteiger partial charge >= 0.3 is 5.97 Å². The van der Waals surface area contributed by atoms with Crippen LogP contribution in [0.5, 0.6) is 0 Å². The molecule has 0 atom stereocenters. The van der Waals surface area contributed by atoms with Crippen molar-refractivity contribution in [2.24, 2.45) is 0 Å². The molecular formula is C15H20O4Si. The van der Waals surface area contributed by atoms with Crippen molar-refractivity contribution >= 4 is 20.1 Å². The predicted molar refractivity (Wildman–Crippen MR) is 79.9 cm³/mol. The molecule has 0 radical (unpaired) electrons. The van der Waals surface area contributed by atoms with E-state index in [9.17, 15) is 9.59 Å². The molecule has 0 spiro atoms. The summed E-state index contributed by atoms with van der Waals surface area (Å²) in [5.41, 5.74) is 0.508. The lowest BCUT2D eigenvalue weighted by Crippen LogP contribution is -2.28. The van der Waals surface area contributed by atoms with Crippen LogP contribution in [0.2, 0.25) is 19.6 Å². The summed E-state index contributed by atoms with van der Waals surface area (Å²) < 4.78 is 10.6. The lowest BCUT2D eigenvalue weighted by molar-refractivity contribution is -0.141. The molecule has 0 heterocycles. The van der Waals surface area contributed by atoms with Gasteiger partial charge in [-0.25, -0.2) is 4.79 Å². The van der Waals surface area contributed by atoms with Gasteiger partial charge in [0, 0.05) is 11.6 Å². The predicted octanol–water partition coefficient (Wildman–Crippen LogP) is 3.17. The fraction of sp³-hybridized carbons (Fsp3) is 0.333. The standard InChI is InChI=1S/C15H20O4Si/c1-5-18-15(17)14(19-20(2,3)4)11-13(16)12-9-7-6-8-10-12/h6-11H,5H2,1-4H3/b14-11+. The fourth-order valence-electron chi connectivity index (χ4n) is 1.47. The van der Waals surface area contributed by atoms with Gasteiger partial charge in [0.2, 0.25) is 8.32 Å². The van der Waals surface area contributed by atoms with Gasteiger partial charge in [0.15, 0.2) is 11.5 Å². The monoisotopic (exact) mass is 292 g/mol. The average Bonchev–Trinajstić information content (AvgIpc) is 2.37. The average molecular weight is 292 g/mol. The molecule has 0 saturated heterocycles. The van der Waals surface area contributed by atoms with Crippen molar-refractivity contribution in [3.63, 3.8) is 0 Å². The minimum absolute atomic E-state index is 0.0140. The molecule has 0 amide bonds. The van der Waals surface area contributed by atoms with Crippen LogP contribution in [0.1, 0.15) is 17.3 Å². The van der Waals surface area contributed by atoms with Gasteiger partial charge in [0.1, 0.15) is 0 Å². The van der Waals surface area contributed by atoms with Gasteiger partial charge in [-0.3, -0.25) is 4.79 Å². The Kier molecular flexibility index (Phi) is 5.70. The largest absolute Gasteiger partial charge is 0.539 e. The quantitative estimate of drug-likeness (QED) is 0.266. The van der Waals surface area contributed by atoms with Crippen molar-refractivity contribution in [3.8, 4) is 0 Å². The summed E-state index contributed by atoms with van der Waals surface area (Å²) in [6, 6.07) is 8.74. The number of benzene rings is 1. The third kappa shape index (κ3) is 5.40. The molecule has 1 aromatic rings. The molecule has 0 aliphatic carbocycles. The van der Waals surface area contributed by atoms with Crippen LogP contribution in [0.3, 0.4) is 0 Å². The van der Waals surface area contributed by atoms with E-state index in [1.807, 2.05) is 25.7 Å². The number of esters is 1. The zero-order valence-corrected chi connectivity index (χ0v) is 13.3. The van der Waals surface area contributed by atoms with Crippen molar-refractivity contribution < 1.29 is 18.8 Å². The van der Waals surface area contributed by atoms with Crippen LogP contribution in [0.25, 0.3) is 0 Å². The lowest BCUT2D eigenvalue weighted by atomic mass is 10.1. The van der Waals surface area contributed by atoms with E-state index in [2.05, 4.69) is 0 Å². The van der Waals surface area contributed by atoms with Crippen molar-refractivity contribution in [1.29, 1.82) is 0 Å². The number of ether oxygens (including phenoxy) is 1. The number of allylic oxidation sites excluding steroid dienone is 1. The van der Waals surface area contributed by atoms with Crippen LogP contribution in [0.15, 0.2) is 42.2 Å². The highest BCUT2D eigenvalue weighted by Gasteiger charge is 2.23. The van der Waals surface area contributed by atoms with E-state index >= 15 is 0 Å². The Balaban J connectivity index is 3.00. The summed E-state index contributed by atoms with van der Waals surface area (Å²) in [6.07, 6.45) is 1.21. The lowest BCUT2D eigenvalue weighted by Gasteiger charge is -2.20. The molecule has 0 aliphatic rings. The number of ketones is 1. The van der Waals surface area contributed by atoms with Crippen molar-refractivity contribution in [3.05, 3.63) is 47.7 Å². The molecule has 0 bridgehead atoms. The molecular weight excluding hydrogens is 272 g/mol. The Labute approximate surface area is 120 Å². The first-order valence-corrected chi connectivity index (χ1v) is 9.91. The number of rotatable bonds is 6. The zero-order chi connectivity index (χ0) is 15.2. The Hall–Kier alpha value is -1.88. The molecule has 0 aliphatic heterocycles. The summed E-state index contributed by atoms with van der Waals surface area (Å²) in [6.45, 7) is 7.76. The minimum atomic E-state index is -2.00. The SMILES string of the molecule is CCOC(=O)/C(=C\C(=O)c1ccccc1)O[Si](C)(C)C. The number of hydrogen-bond donors (Lipinski definition) is 0. The summed E-state index contributed by atoms with van der Waals surface area (Å²) >= 11 is 0. The summed E-state index contributed by atoms with van der Waals surface area (Å²) in [5.74, 6) is -0.883. The van der Waals surface area contributed by atoms with Crippen LogP contribution in [0, 0.1) is 0 Å². The van der Waals surface area contributed by atoms with Gasteiger partial charge in [-0.05, 0) is 26.6 Å². The van der Waals surface area contributed by atoms with E-state index in [1.54, 1.807) is 31.2 Å². The second-order valence-corrected chi connectivity index (χ2v) is 9.60. The molecule has 20 heavy (non-hydrogen) atoms. The maximum atomic E-state index is 12.1. The molecule has 0 saturated carbocycles. The third-order valence-electron chi connectivity index (χ3n) is 2.21. The molecule has 1 rings (SSSR count). The first-order valence-electron chi connectivity index (χ1n) is 6.50. The van der Waals surface area contributed by atoms with Gasteiger partial charge in [-0.2, -0.15) is 0 Å². The van der Waals surface area contributed by atoms with Gasteiger partial charge in [-0.15, -0.1) is 0 Å². The van der Waals surface area contributed by atoms with E-state index in [1.165, 1.54) is 6.08 Å². The molecule has 0 fully saturated rings. The highest BCUT2D eigenvalue weighted by molar-refractivity contribution is 6.70. The normalized spacial score (nSPS) is 11.9. The topological polar surface area (TPSA) is 52.6 Å². The Morgan fingerprint density at radius 3 is 2.25 bits per heavy atom. The Morgan fingerprint density at radius 2 is 1.75 bits per heavy atom. The molecule has 5 heteroatoms. The highest BCUT2D eigenvalue weighted by atomic mass is 28.4. The van der Waals surface area contributed by atoms with Crippen LogP contribution < -0.4 is 0 Å². The van der Waals surface area contributed by atoms with Gasteiger partial charge in [0.25, 0.3) is 0 Å². The zero-order valence-electron chi connectivity index (χ0n) is 12.3. The van der Waals surface area contributed by atoms with Crippen LogP contribution >= 0.6 is 0 Å². The van der Waals surface area contributed by atoms with Crippen molar-refractivity contribution in [2.45, 2.75) is 26.6 Å². The van der Waals surface area contributed by atoms with Crippen molar-refractivity contribution in [2.75, 3.05) is 6.61 Å². The molecule has 0 N–H and O–H groups in total. The van der Waals surface area contributed by atoms with Gasteiger partial charge in [-0.1, -0.05) is 30.3 Å². The number of carbonyl (C=O) groups excluding carboxylic acids is 2. The second-order valence-electron chi connectivity index (χ2n) is 5.17. The van der Waals surface area contributed by atoms with E-state index in [0.717, 1.165) is 0 Å². The maximum Gasteiger partial charge on any atom is 0.372 e. The molecule has 108 valence electrons. The highest BCUT2D eigenvalue weighted by Crippen LogP contribution is 2.13. The van der Waals surface area contributed by atoms with Gasteiger partial charge < -0.3 is 9.16 Å². The number of hydrogen-bond acceptors (Lipinski definition) is 4. The molecule has 0 aromatic heterocycles. The molecule has 4 nitrogen and oxygen atoms in total. The van der Waals surface area contributed by atoms with E-state index < -0.39 is 14.3 Å². The minimum Gasteiger partial charge on any atom is -0.539 e. The van der Waals surface area contributed by atoms with Gasteiger partial charge in [0.05, 0.1) is 6.61 Å². The second kappa shape index (κ2) is 7.05. The number of carbonyl (C=O) groups is 2. The third-order valence-corrected chi connectivity index (χ3v) is 3.05. The molecule has 0 unspecified atom stereocenters. The Morgan fingerprint density at radius 1 is 1.15 bits per heavy atom. The fourth-order valence-corrected chi connectivity index (χ4v) is 2.27. The van der Waals surface area contributed by atoms with E-state index in [0.29, 0.717) is 5.56 Å². The first kappa shape index (κ1) is 16.2. The smallest absolute Gasteiger partial charge is 0.372 e. The summed E-state index contributed by atoms with van der Waals surface area (Å²) in [5, 5.41) is 0. The summed E-state index contributed by atoms with van der Waals surface area (Å²) in [7, 11) is -2.00. The van der Waals surface area contributed by atoms with E-state index in [-0.39, 0.29) is 18.1 Å². The van der Waals surface area contributed by atoms with Crippen LogP contribution in [-0.4, -0.2) is 26.7 Å². The first-order chi connectivity index (χ1) is 9.33.